The number of methoxy groups -OCH3 is 1. The van der Waals surface area contributed by atoms with Gasteiger partial charge in [-0.25, -0.2) is 0 Å². The number of carbonyl (C=O) groups is 2. The van der Waals surface area contributed by atoms with Crippen molar-refractivity contribution in [2.45, 2.75) is 23.9 Å². The van der Waals surface area contributed by atoms with E-state index in [0.717, 1.165) is 20.3 Å². The lowest BCUT2D eigenvalue weighted by Crippen LogP contribution is -2.13. The van der Waals surface area contributed by atoms with Crippen LogP contribution in [-0.2, 0) is 10.5 Å². The van der Waals surface area contributed by atoms with Crippen LogP contribution in [0.1, 0.15) is 28.0 Å². The van der Waals surface area contributed by atoms with Crippen molar-refractivity contribution in [3.8, 4) is 5.75 Å². The van der Waals surface area contributed by atoms with E-state index in [2.05, 4.69) is 20.8 Å². The molecule has 0 aliphatic heterocycles. The number of aryl methyl sites for hydroxylation is 1. The maximum Gasteiger partial charge on any atom is 0.291 e. The smallest absolute Gasteiger partial charge is 0.291 e. The number of nitrogens with zero attached hydrogens (tertiary/aromatic N) is 2. The first kappa shape index (κ1) is 21.8. The van der Waals surface area contributed by atoms with Gasteiger partial charge in [-0.15, -0.1) is 10.2 Å². The van der Waals surface area contributed by atoms with Gasteiger partial charge in [-0.2, -0.15) is 0 Å². The third kappa shape index (κ3) is 4.76. The van der Waals surface area contributed by atoms with Crippen LogP contribution in [0.25, 0.3) is 11.0 Å². The molecular weight excluding hydrogens is 448 g/mol. The fraction of sp³-hybridized carbons (Fsp3) is 0.182. The highest BCUT2D eigenvalue weighted by atomic mass is 32.2. The van der Waals surface area contributed by atoms with Crippen LogP contribution in [0.4, 0.5) is 11.4 Å². The summed E-state index contributed by atoms with van der Waals surface area (Å²) in [5.41, 5.74) is 2.46. The van der Waals surface area contributed by atoms with Gasteiger partial charge in [0.1, 0.15) is 16.3 Å². The monoisotopic (exact) mass is 468 g/mol. The van der Waals surface area contributed by atoms with Crippen molar-refractivity contribution in [2.24, 2.45) is 0 Å². The predicted molar refractivity (Wildman–Crippen MR) is 126 cm³/mol. The fourth-order valence-corrected chi connectivity index (χ4v) is 4.99. The van der Waals surface area contributed by atoms with Crippen molar-refractivity contribution in [2.75, 3.05) is 17.7 Å². The number of fused-ring (bicyclic) bond motifs is 1. The van der Waals surface area contributed by atoms with Crippen molar-refractivity contribution in [3.63, 3.8) is 0 Å². The number of benzene rings is 2. The summed E-state index contributed by atoms with van der Waals surface area (Å²) in [5.74, 6) is 0.601. The number of furan rings is 1. The molecule has 4 aromatic rings. The Balaban J connectivity index is 1.61. The van der Waals surface area contributed by atoms with Gasteiger partial charge >= 0.3 is 0 Å². The predicted octanol–water partition coefficient (Wildman–Crippen LogP) is 5.10. The molecule has 0 fully saturated rings. The summed E-state index contributed by atoms with van der Waals surface area (Å²) in [6.45, 7) is 3.32. The molecule has 32 heavy (non-hydrogen) atoms. The molecule has 2 N–H and O–H groups in total. The number of nitrogens with one attached hydrogen (secondary N) is 2. The van der Waals surface area contributed by atoms with Gasteiger partial charge in [-0.3, -0.25) is 9.59 Å². The summed E-state index contributed by atoms with van der Waals surface area (Å²) in [6.07, 6.45) is 0. The quantitative estimate of drug-likeness (QED) is 0.363. The van der Waals surface area contributed by atoms with Crippen molar-refractivity contribution >= 4 is 57.3 Å². The van der Waals surface area contributed by atoms with Gasteiger partial charge in [0.05, 0.1) is 12.8 Å². The first-order valence-corrected chi connectivity index (χ1v) is 11.4. The molecule has 0 aliphatic carbocycles. The molecule has 164 valence electrons. The van der Waals surface area contributed by atoms with E-state index in [1.807, 2.05) is 31.2 Å². The Kier molecular flexibility index (Phi) is 6.42. The Morgan fingerprint density at radius 1 is 1.16 bits per heavy atom. The van der Waals surface area contributed by atoms with Gasteiger partial charge in [-0.1, -0.05) is 41.3 Å². The zero-order valence-electron chi connectivity index (χ0n) is 17.6. The number of rotatable bonds is 7. The number of anilines is 2. The first-order chi connectivity index (χ1) is 15.4. The second kappa shape index (κ2) is 9.41. The minimum Gasteiger partial charge on any atom is -0.494 e. The average Bonchev–Trinajstić information content (AvgIpc) is 3.36. The van der Waals surface area contributed by atoms with E-state index in [1.165, 1.54) is 37.1 Å². The summed E-state index contributed by atoms with van der Waals surface area (Å²) in [6, 6.07) is 12.5. The van der Waals surface area contributed by atoms with Gasteiger partial charge in [0, 0.05) is 35.4 Å². The van der Waals surface area contributed by atoms with Gasteiger partial charge < -0.3 is 19.8 Å². The maximum absolute atomic E-state index is 13.1. The van der Waals surface area contributed by atoms with Crippen molar-refractivity contribution in [1.29, 1.82) is 0 Å². The Morgan fingerprint density at radius 3 is 2.69 bits per heavy atom. The van der Waals surface area contributed by atoms with Crippen LogP contribution in [0.15, 0.2) is 51.2 Å². The molecule has 2 amide bonds. The second-order valence-corrected chi connectivity index (χ2v) is 9.24. The number of thioether (sulfide) groups is 1. The molecule has 8 nitrogen and oxygen atoms in total. The molecule has 2 aromatic heterocycles. The normalized spacial score (nSPS) is 10.8. The van der Waals surface area contributed by atoms with Gasteiger partial charge in [0.15, 0.2) is 10.1 Å². The van der Waals surface area contributed by atoms with Crippen LogP contribution < -0.4 is 15.4 Å². The summed E-state index contributed by atoms with van der Waals surface area (Å²) in [4.78, 5) is 24.5. The largest absolute Gasteiger partial charge is 0.494 e. The van der Waals surface area contributed by atoms with Crippen LogP contribution in [0.3, 0.4) is 0 Å². The number of para-hydroxylation sites is 1. The number of carbonyl (C=O) groups excluding carboxylic acids is 2. The summed E-state index contributed by atoms with van der Waals surface area (Å²) in [7, 11) is 1.50. The summed E-state index contributed by atoms with van der Waals surface area (Å²) >= 11 is 3.02. The minimum absolute atomic E-state index is 0.213. The Morgan fingerprint density at radius 2 is 1.97 bits per heavy atom. The Bertz CT molecular complexity index is 1300. The van der Waals surface area contributed by atoms with E-state index >= 15 is 0 Å². The molecule has 0 bridgehead atoms. The molecule has 0 unspecified atom stereocenters. The molecule has 2 aromatic carbocycles. The highest BCUT2D eigenvalue weighted by Gasteiger charge is 2.22. The van der Waals surface area contributed by atoms with E-state index in [4.69, 9.17) is 9.15 Å². The fourth-order valence-electron chi connectivity index (χ4n) is 3.15. The van der Waals surface area contributed by atoms with Gasteiger partial charge in [0.2, 0.25) is 5.91 Å². The van der Waals surface area contributed by atoms with Crippen LogP contribution >= 0.6 is 23.1 Å². The van der Waals surface area contributed by atoms with E-state index in [0.29, 0.717) is 28.5 Å². The summed E-state index contributed by atoms with van der Waals surface area (Å²) in [5, 5.41) is 15.5. The van der Waals surface area contributed by atoms with E-state index in [-0.39, 0.29) is 17.6 Å². The molecule has 0 saturated carbocycles. The van der Waals surface area contributed by atoms with Crippen LogP contribution in [0.5, 0.6) is 5.75 Å². The topological polar surface area (TPSA) is 106 Å². The molecule has 2 heterocycles. The maximum atomic E-state index is 13.1. The number of aromatic nitrogens is 2. The Labute approximate surface area is 192 Å². The molecule has 4 rings (SSSR count). The number of amides is 2. The molecule has 0 spiro atoms. The first-order valence-electron chi connectivity index (χ1n) is 9.65. The number of hydrogen-bond donors (Lipinski definition) is 2. The minimum atomic E-state index is -0.375. The van der Waals surface area contributed by atoms with Crippen molar-refractivity contribution in [3.05, 3.63) is 58.8 Å². The van der Waals surface area contributed by atoms with E-state index in [9.17, 15) is 9.59 Å². The van der Waals surface area contributed by atoms with Crippen molar-refractivity contribution < 1.29 is 18.7 Å². The molecule has 0 radical (unpaired) electrons. The van der Waals surface area contributed by atoms with Gasteiger partial charge in [-0.05, 0) is 25.1 Å². The lowest BCUT2D eigenvalue weighted by Gasteiger charge is -2.11. The molecule has 0 aliphatic rings. The molecule has 0 atom stereocenters. The zero-order chi connectivity index (χ0) is 22.7. The third-order valence-electron chi connectivity index (χ3n) is 4.52. The van der Waals surface area contributed by atoms with E-state index in [1.54, 1.807) is 18.2 Å². The number of ether oxygens (including phenoxy) is 1. The lowest BCUT2D eigenvalue weighted by molar-refractivity contribution is -0.114. The Hall–Kier alpha value is -3.37. The number of hydrogen-bond acceptors (Lipinski definition) is 8. The molecule has 10 heteroatoms. The summed E-state index contributed by atoms with van der Waals surface area (Å²) < 4.78 is 12.1. The third-order valence-corrected chi connectivity index (χ3v) is 6.52. The highest BCUT2D eigenvalue weighted by Crippen LogP contribution is 2.34. The van der Waals surface area contributed by atoms with Crippen molar-refractivity contribution in [1.82, 2.24) is 10.2 Å². The van der Waals surface area contributed by atoms with Gasteiger partial charge in [0.25, 0.3) is 5.91 Å². The molecular formula is C22H20N4O4S2. The van der Waals surface area contributed by atoms with Crippen LogP contribution in [-0.4, -0.2) is 29.1 Å². The molecule has 0 saturated heterocycles. The second-order valence-electron chi connectivity index (χ2n) is 6.83. The van der Waals surface area contributed by atoms with Crippen LogP contribution in [0.2, 0.25) is 0 Å². The standard InChI is InChI=1S/C22H20N4O4S2/c1-12(27)23-17-9-8-14(10-19(17)29-3)24-21(28)20-16(11-31-22-26-25-13(2)32-22)15-6-4-5-7-18(15)30-20/h4-10H,11H2,1-3H3,(H,23,27)(H,24,28). The highest BCUT2D eigenvalue weighted by molar-refractivity contribution is 8.00. The van der Waals surface area contributed by atoms with Crippen LogP contribution in [0, 0.1) is 6.92 Å². The van der Waals surface area contributed by atoms with E-state index < -0.39 is 0 Å². The average molecular weight is 469 g/mol. The lowest BCUT2D eigenvalue weighted by atomic mass is 10.1. The zero-order valence-corrected chi connectivity index (χ0v) is 19.2. The SMILES string of the molecule is COc1cc(NC(=O)c2oc3ccccc3c2CSc2nnc(C)s2)ccc1NC(C)=O.